The average molecular weight is 476 g/mol. The van der Waals surface area contributed by atoms with Gasteiger partial charge in [0, 0.05) is 17.7 Å². The smallest absolute Gasteiger partial charge is 0.309 e. The number of esters is 1. The number of nitrogens with zero attached hydrogens (tertiary/aromatic N) is 1. The van der Waals surface area contributed by atoms with Gasteiger partial charge >= 0.3 is 5.97 Å². The van der Waals surface area contributed by atoms with Crippen LogP contribution in [0.1, 0.15) is 76.9 Å². The zero-order valence-corrected chi connectivity index (χ0v) is 21.2. The molecule has 33 heavy (non-hydrogen) atoms. The van der Waals surface area contributed by atoms with Crippen LogP contribution in [0.15, 0.2) is 22.6 Å². The molecule has 2 heterocycles. The Morgan fingerprint density at radius 2 is 2.00 bits per heavy atom. The predicted molar refractivity (Wildman–Crippen MR) is 130 cm³/mol. The number of allylic oxidation sites excluding steroid dienone is 1. The Labute approximate surface area is 200 Å². The first-order valence-electron chi connectivity index (χ1n) is 11.9. The maximum absolute atomic E-state index is 13.0. The topological polar surface area (TPSA) is 96.7 Å². The van der Waals surface area contributed by atoms with E-state index in [-0.39, 0.29) is 18.1 Å². The molecule has 1 aromatic heterocycles. The van der Waals surface area contributed by atoms with Crippen LogP contribution in [0.5, 0.6) is 0 Å². The van der Waals surface area contributed by atoms with Crippen molar-refractivity contribution >= 4 is 29.2 Å². The van der Waals surface area contributed by atoms with Crippen molar-refractivity contribution < 1.29 is 24.5 Å². The van der Waals surface area contributed by atoms with E-state index in [0.29, 0.717) is 12.8 Å². The van der Waals surface area contributed by atoms with Crippen LogP contribution in [0.3, 0.4) is 0 Å². The number of fused-ring (bicyclic) bond motifs is 2. The summed E-state index contributed by atoms with van der Waals surface area (Å²) in [6, 6.07) is 0. The summed E-state index contributed by atoms with van der Waals surface area (Å²) >= 11 is 1.57. The average Bonchev–Trinajstić information content (AvgIpc) is 3.16. The second-order valence-corrected chi connectivity index (χ2v) is 11.2. The van der Waals surface area contributed by atoms with Crippen molar-refractivity contribution in [1.82, 2.24) is 4.98 Å². The van der Waals surface area contributed by atoms with Gasteiger partial charge in [0.1, 0.15) is 11.9 Å². The number of cyclic esters (lactones) is 1. The molecule has 1 fully saturated rings. The molecule has 2 aliphatic rings. The lowest BCUT2D eigenvalue weighted by Crippen LogP contribution is -2.54. The number of aliphatic hydroxyl groups is 2. The Morgan fingerprint density at radius 1 is 1.27 bits per heavy atom. The normalized spacial score (nSPS) is 36.5. The van der Waals surface area contributed by atoms with E-state index in [4.69, 9.17) is 4.74 Å². The maximum atomic E-state index is 13.0. The van der Waals surface area contributed by atoms with E-state index in [9.17, 15) is 19.8 Å². The molecule has 0 saturated heterocycles. The molecule has 0 spiro atoms. The molecule has 182 valence electrons. The van der Waals surface area contributed by atoms with Crippen LogP contribution < -0.4 is 0 Å². The third-order valence-corrected chi connectivity index (χ3v) is 8.12. The Kier molecular flexibility index (Phi) is 8.30. The highest BCUT2D eigenvalue weighted by atomic mass is 32.1. The van der Waals surface area contributed by atoms with Gasteiger partial charge in [-0.25, -0.2) is 4.98 Å². The van der Waals surface area contributed by atoms with Gasteiger partial charge in [-0.3, -0.25) is 9.59 Å². The number of aryl methyl sites for hydroxylation is 1. The van der Waals surface area contributed by atoms with Crippen molar-refractivity contribution in [3.05, 3.63) is 33.3 Å². The van der Waals surface area contributed by atoms with Gasteiger partial charge in [-0.15, -0.1) is 11.3 Å². The highest BCUT2D eigenvalue weighted by Crippen LogP contribution is 2.44. The molecule has 2 N–H and O–H groups in total. The number of hydrogen-bond acceptors (Lipinski definition) is 7. The first kappa shape index (κ1) is 25.8. The van der Waals surface area contributed by atoms with Crippen molar-refractivity contribution in [2.24, 2.45) is 17.3 Å². The largest absolute Gasteiger partial charge is 0.457 e. The molecule has 0 radical (unpaired) electrons. The summed E-state index contributed by atoms with van der Waals surface area (Å²) in [5.41, 5.74) is 1.78. The summed E-state index contributed by atoms with van der Waals surface area (Å²) in [5, 5.41) is 24.6. The zero-order chi connectivity index (χ0) is 24.3. The molecule has 7 heteroatoms. The van der Waals surface area contributed by atoms with E-state index in [2.05, 4.69) is 11.1 Å². The number of Topliss-reactive ketones (excluding diaryl/α,β-unsaturated/α-hetero) is 1. The number of hydrogen-bond donors (Lipinski definition) is 2. The number of carbonyl (C=O) groups excluding carboxylic acids is 2. The fourth-order valence-electron chi connectivity index (χ4n) is 5.18. The number of ketones is 1. The summed E-state index contributed by atoms with van der Waals surface area (Å²) in [7, 11) is 0. The standard InChI is InChI=1S/C26H37NO5S/c1-15-8-6-7-9-19-13-26(5,25(31)17(3)24(19)30)22(28)12-23(29)32-21(10-15)16(2)11-20-14-33-18(4)27-20/h8,11,14,17,19,21-22,24,28,30H,6-7,9-10,12-13H2,1-5H3/b15-8-,16-11+/t17-,19+,21-,22-,24-,26+/m0/s1. The van der Waals surface area contributed by atoms with Crippen LogP contribution >= 0.6 is 11.3 Å². The van der Waals surface area contributed by atoms with Gasteiger partial charge in [0.25, 0.3) is 0 Å². The van der Waals surface area contributed by atoms with Crippen LogP contribution in [0.25, 0.3) is 6.08 Å². The fraction of sp³-hybridized carbons (Fsp3) is 0.654. The van der Waals surface area contributed by atoms with E-state index in [0.717, 1.165) is 41.1 Å². The minimum Gasteiger partial charge on any atom is -0.457 e. The number of aliphatic hydroxyl groups excluding tert-OH is 2. The molecule has 0 aromatic carbocycles. The number of aromatic nitrogens is 1. The van der Waals surface area contributed by atoms with Crippen molar-refractivity contribution in [3.63, 3.8) is 0 Å². The van der Waals surface area contributed by atoms with Crippen LogP contribution in [-0.4, -0.2) is 45.3 Å². The summed E-state index contributed by atoms with van der Waals surface area (Å²) in [6.45, 7) is 9.37. The Bertz CT molecular complexity index is 935. The minimum atomic E-state index is -1.15. The lowest BCUT2D eigenvalue weighted by molar-refractivity contribution is -0.161. The molecular formula is C26H37NO5S. The summed E-state index contributed by atoms with van der Waals surface area (Å²) in [5.74, 6) is -1.35. The van der Waals surface area contributed by atoms with Crippen molar-refractivity contribution in [2.75, 3.05) is 0 Å². The van der Waals surface area contributed by atoms with Gasteiger partial charge in [-0.1, -0.05) is 25.5 Å². The molecule has 1 saturated carbocycles. The number of carbonyl (C=O) groups is 2. The Hall–Kier alpha value is -1.83. The molecule has 0 unspecified atom stereocenters. The van der Waals surface area contributed by atoms with E-state index in [1.165, 1.54) is 0 Å². The van der Waals surface area contributed by atoms with Crippen molar-refractivity contribution in [1.29, 1.82) is 0 Å². The van der Waals surface area contributed by atoms with Gasteiger partial charge < -0.3 is 14.9 Å². The Balaban J connectivity index is 1.88. The lowest BCUT2D eigenvalue weighted by atomic mass is 9.60. The monoisotopic (exact) mass is 475 g/mol. The molecule has 6 nitrogen and oxygen atoms in total. The first-order chi connectivity index (χ1) is 15.5. The highest BCUT2D eigenvalue weighted by Gasteiger charge is 2.51. The molecule has 0 amide bonds. The van der Waals surface area contributed by atoms with E-state index < -0.39 is 35.6 Å². The van der Waals surface area contributed by atoms with Crippen LogP contribution in [0, 0.1) is 24.2 Å². The van der Waals surface area contributed by atoms with Crippen molar-refractivity contribution in [3.8, 4) is 0 Å². The van der Waals surface area contributed by atoms with Gasteiger partial charge in [0.2, 0.25) is 0 Å². The molecule has 1 aliphatic carbocycles. The third kappa shape index (κ3) is 6.00. The summed E-state index contributed by atoms with van der Waals surface area (Å²) < 4.78 is 5.85. The zero-order valence-electron chi connectivity index (χ0n) is 20.3. The highest BCUT2D eigenvalue weighted by molar-refractivity contribution is 7.09. The maximum Gasteiger partial charge on any atom is 0.309 e. The van der Waals surface area contributed by atoms with Gasteiger partial charge in [0.05, 0.1) is 34.7 Å². The van der Waals surface area contributed by atoms with Crippen LogP contribution in [0.2, 0.25) is 0 Å². The van der Waals surface area contributed by atoms with E-state index >= 15 is 0 Å². The lowest BCUT2D eigenvalue weighted by Gasteiger charge is -2.45. The molecule has 3 rings (SSSR count). The number of rotatable bonds is 2. The predicted octanol–water partition coefficient (Wildman–Crippen LogP) is 4.63. The van der Waals surface area contributed by atoms with Gasteiger partial charge in [-0.05, 0) is 64.0 Å². The van der Waals surface area contributed by atoms with Gasteiger partial charge in [0.15, 0.2) is 0 Å². The molecule has 6 atom stereocenters. The molecule has 2 bridgehead atoms. The minimum absolute atomic E-state index is 0.0792. The van der Waals surface area contributed by atoms with Gasteiger partial charge in [-0.2, -0.15) is 0 Å². The number of ether oxygens (including phenoxy) is 1. The summed E-state index contributed by atoms with van der Waals surface area (Å²) in [6.07, 6.45) is 4.99. The third-order valence-electron chi connectivity index (χ3n) is 7.33. The quantitative estimate of drug-likeness (QED) is 0.478. The van der Waals surface area contributed by atoms with E-state index in [1.54, 1.807) is 25.2 Å². The second-order valence-electron chi connectivity index (χ2n) is 10.1. The summed E-state index contributed by atoms with van der Waals surface area (Å²) in [4.78, 5) is 30.4. The first-order valence-corrected chi connectivity index (χ1v) is 12.7. The molecular weight excluding hydrogens is 438 g/mol. The van der Waals surface area contributed by atoms with Crippen LogP contribution in [-0.2, 0) is 14.3 Å². The Morgan fingerprint density at radius 3 is 2.67 bits per heavy atom. The fourth-order valence-corrected chi connectivity index (χ4v) is 5.76. The number of thiazole rings is 1. The van der Waals surface area contributed by atoms with Crippen LogP contribution in [0.4, 0.5) is 0 Å². The van der Waals surface area contributed by atoms with E-state index in [1.807, 2.05) is 32.2 Å². The van der Waals surface area contributed by atoms with Crippen molar-refractivity contribution in [2.45, 2.75) is 91.5 Å². The molecule has 1 aliphatic heterocycles. The SMILES string of the molecule is C/C1=C/CCC[C@@H]2C[C@@](C)(C(=O)[C@@H](C)[C@@H]2O)[C@@H](O)CC(=O)O[C@H](/C(C)=C/c2csc(C)n2)C1. The second kappa shape index (κ2) is 10.6. The molecule has 1 aromatic rings.